The molecule has 3 nitrogen and oxygen atoms in total. The van der Waals surface area contributed by atoms with Gasteiger partial charge in [0.1, 0.15) is 0 Å². The monoisotopic (exact) mass is 247 g/mol. The summed E-state index contributed by atoms with van der Waals surface area (Å²) in [5.41, 5.74) is 4.27. The van der Waals surface area contributed by atoms with Gasteiger partial charge in [-0.3, -0.25) is 4.79 Å². The van der Waals surface area contributed by atoms with E-state index in [0.717, 1.165) is 6.07 Å². The van der Waals surface area contributed by atoms with Crippen molar-refractivity contribution in [1.82, 2.24) is 0 Å². The molecule has 0 radical (unpaired) electrons. The van der Waals surface area contributed by atoms with Gasteiger partial charge in [-0.1, -0.05) is 6.07 Å². The number of anilines is 1. The highest BCUT2D eigenvalue weighted by Gasteiger charge is 2.33. The zero-order valence-corrected chi connectivity index (χ0v) is 9.17. The van der Waals surface area contributed by atoms with Crippen molar-refractivity contribution in [2.24, 2.45) is 0 Å². The molecule has 1 aromatic rings. The predicted molar refractivity (Wildman–Crippen MR) is 56.2 cm³/mol. The van der Waals surface area contributed by atoms with Gasteiger partial charge in [0.15, 0.2) is 0 Å². The normalized spacial score (nSPS) is 11.3. The molecule has 0 heterocycles. The van der Waals surface area contributed by atoms with Crippen LogP contribution in [0, 0.1) is 0 Å². The van der Waals surface area contributed by atoms with Gasteiger partial charge < -0.3 is 10.5 Å². The molecule has 0 amide bonds. The van der Waals surface area contributed by atoms with E-state index in [1.807, 2.05) is 0 Å². The molecule has 6 heteroatoms. The van der Waals surface area contributed by atoms with Crippen molar-refractivity contribution >= 4 is 11.7 Å². The third-order valence-electron chi connectivity index (χ3n) is 2.08. The number of carbonyl (C=O) groups is 1. The fraction of sp³-hybridized carbons (Fsp3) is 0.364. The van der Waals surface area contributed by atoms with Crippen molar-refractivity contribution in [3.63, 3.8) is 0 Å². The smallest absolute Gasteiger partial charge is 0.416 e. The average Bonchev–Trinajstić information content (AvgIpc) is 2.19. The fourth-order valence-corrected chi connectivity index (χ4v) is 1.38. The van der Waals surface area contributed by atoms with Crippen molar-refractivity contribution in [2.75, 3.05) is 12.3 Å². The lowest BCUT2D eigenvalue weighted by molar-refractivity contribution is -0.143. The van der Waals surface area contributed by atoms with Gasteiger partial charge in [0.2, 0.25) is 0 Å². The number of esters is 1. The number of hydrogen-bond acceptors (Lipinski definition) is 3. The lowest BCUT2D eigenvalue weighted by atomic mass is 10.0. The molecular formula is C11H12F3NO2. The summed E-state index contributed by atoms with van der Waals surface area (Å²) >= 11 is 0. The Bertz CT molecular complexity index is 416. The Kier molecular flexibility index (Phi) is 3.98. The van der Waals surface area contributed by atoms with E-state index in [0.29, 0.717) is 0 Å². The molecule has 0 spiro atoms. The highest BCUT2D eigenvalue weighted by atomic mass is 19.4. The third kappa shape index (κ3) is 3.65. The first-order valence-electron chi connectivity index (χ1n) is 4.95. The summed E-state index contributed by atoms with van der Waals surface area (Å²) in [7, 11) is 0. The van der Waals surface area contributed by atoms with Crippen LogP contribution in [-0.4, -0.2) is 12.6 Å². The van der Waals surface area contributed by atoms with Gasteiger partial charge in [-0.25, -0.2) is 0 Å². The fourth-order valence-electron chi connectivity index (χ4n) is 1.38. The van der Waals surface area contributed by atoms with Crippen LogP contribution < -0.4 is 5.73 Å². The van der Waals surface area contributed by atoms with Crippen LogP contribution in [0.3, 0.4) is 0 Å². The van der Waals surface area contributed by atoms with Gasteiger partial charge in [-0.15, -0.1) is 0 Å². The summed E-state index contributed by atoms with van der Waals surface area (Å²) in [4.78, 5) is 11.2. The molecule has 17 heavy (non-hydrogen) atoms. The van der Waals surface area contributed by atoms with Gasteiger partial charge in [0.05, 0.1) is 18.6 Å². The zero-order chi connectivity index (χ0) is 13.1. The molecule has 0 saturated carbocycles. The Hall–Kier alpha value is -1.72. The SMILES string of the molecule is CCOC(=O)Cc1ccc(N)cc1C(F)(F)F. The quantitative estimate of drug-likeness (QED) is 0.659. The standard InChI is InChI=1S/C11H12F3NO2/c1-2-17-10(16)5-7-3-4-8(15)6-9(7)11(12,13)14/h3-4,6H,2,5,15H2,1H3. The highest BCUT2D eigenvalue weighted by Crippen LogP contribution is 2.33. The van der Waals surface area contributed by atoms with Crippen LogP contribution in [0.15, 0.2) is 18.2 Å². The third-order valence-corrected chi connectivity index (χ3v) is 2.08. The van der Waals surface area contributed by atoms with Crippen molar-refractivity contribution in [3.05, 3.63) is 29.3 Å². The molecule has 0 aliphatic heterocycles. The van der Waals surface area contributed by atoms with Crippen molar-refractivity contribution in [2.45, 2.75) is 19.5 Å². The zero-order valence-electron chi connectivity index (χ0n) is 9.17. The van der Waals surface area contributed by atoms with Crippen LogP contribution in [-0.2, 0) is 22.1 Å². The van der Waals surface area contributed by atoms with Gasteiger partial charge in [-0.05, 0) is 24.6 Å². The molecular weight excluding hydrogens is 235 g/mol. The lowest BCUT2D eigenvalue weighted by Gasteiger charge is -2.13. The summed E-state index contributed by atoms with van der Waals surface area (Å²) < 4.78 is 42.6. The molecule has 0 aromatic heterocycles. The van der Waals surface area contributed by atoms with E-state index in [1.165, 1.54) is 12.1 Å². The summed E-state index contributed by atoms with van der Waals surface area (Å²) in [6, 6.07) is 3.33. The summed E-state index contributed by atoms with van der Waals surface area (Å²) in [5.74, 6) is -0.692. The number of hydrogen-bond donors (Lipinski definition) is 1. The van der Waals surface area contributed by atoms with E-state index in [1.54, 1.807) is 6.92 Å². The van der Waals surface area contributed by atoms with Gasteiger partial charge >= 0.3 is 12.1 Å². The van der Waals surface area contributed by atoms with E-state index >= 15 is 0 Å². The Balaban J connectivity index is 3.03. The summed E-state index contributed by atoms with van der Waals surface area (Å²) in [5, 5.41) is 0. The molecule has 0 bridgehead atoms. The van der Waals surface area contributed by atoms with Crippen molar-refractivity contribution < 1.29 is 22.7 Å². The molecule has 1 rings (SSSR count). The maximum absolute atomic E-state index is 12.7. The number of rotatable bonds is 3. The van der Waals surface area contributed by atoms with Crippen LogP contribution in [0.1, 0.15) is 18.1 Å². The van der Waals surface area contributed by atoms with Gasteiger partial charge in [-0.2, -0.15) is 13.2 Å². The molecule has 0 saturated heterocycles. The maximum atomic E-state index is 12.7. The van der Waals surface area contributed by atoms with Crippen LogP contribution in [0.5, 0.6) is 0 Å². The minimum absolute atomic E-state index is 0.00457. The lowest BCUT2D eigenvalue weighted by Crippen LogP contribution is -2.14. The first kappa shape index (κ1) is 13.3. The predicted octanol–water partition coefficient (Wildman–Crippen LogP) is 2.39. The molecule has 94 valence electrons. The van der Waals surface area contributed by atoms with Gasteiger partial charge in [0, 0.05) is 5.69 Å². The topological polar surface area (TPSA) is 52.3 Å². The van der Waals surface area contributed by atoms with Crippen LogP contribution in [0.25, 0.3) is 0 Å². The molecule has 0 aliphatic rings. The second kappa shape index (κ2) is 5.07. The minimum atomic E-state index is -4.53. The van der Waals surface area contributed by atoms with Crippen LogP contribution in [0.4, 0.5) is 18.9 Å². The van der Waals surface area contributed by atoms with Crippen LogP contribution in [0.2, 0.25) is 0 Å². The second-order valence-corrected chi connectivity index (χ2v) is 3.40. The minimum Gasteiger partial charge on any atom is -0.466 e. The van der Waals surface area contributed by atoms with E-state index in [2.05, 4.69) is 4.74 Å². The van der Waals surface area contributed by atoms with E-state index < -0.39 is 24.1 Å². The van der Waals surface area contributed by atoms with Crippen molar-refractivity contribution in [1.29, 1.82) is 0 Å². The average molecular weight is 247 g/mol. The van der Waals surface area contributed by atoms with Crippen LogP contribution >= 0.6 is 0 Å². The number of nitrogens with two attached hydrogens (primary N) is 1. The first-order chi connectivity index (χ1) is 7.84. The molecule has 0 aliphatic carbocycles. The number of alkyl halides is 3. The van der Waals surface area contributed by atoms with E-state index in [9.17, 15) is 18.0 Å². The van der Waals surface area contributed by atoms with E-state index in [4.69, 9.17) is 5.73 Å². The Labute approximate surface area is 96.4 Å². The number of carbonyl (C=O) groups excluding carboxylic acids is 1. The van der Waals surface area contributed by atoms with Gasteiger partial charge in [0.25, 0.3) is 0 Å². The molecule has 1 aromatic carbocycles. The Morgan fingerprint density at radius 3 is 2.59 bits per heavy atom. The molecule has 2 N–H and O–H groups in total. The largest absolute Gasteiger partial charge is 0.466 e. The number of nitrogen functional groups attached to an aromatic ring is 1. The van der Waals surface area contributed by atoms with E-state index in [-0.39, 0.29) is 17.9 Å². The molecule has 0 unspecified atom stereocenters. The number of ether oxygens (including phenoxy) is 1. The maximum Gasteiger partial charge on any atom is 0.416 e. The second-order valence-electron chi connectivity index (χ2n) is 3.40. The summed E-state index contributed by atoms with van der Waals surface area (Å²) in [6.07, 6.45) is -4.94. The number of halogens is 3. The Morgan fingerprint density at radius 1 is 1.41 bits per heavy atom. The number of benzene rings is 1. The van der Waals surface area contributed by atoms with Crippen molar-refractivity contribution in [3.8, 4) is 0 Å². The first-order valence-corrected chi connectivity index (χ1v) is 4.95. The molecule has 0 atom stereocenters. The summed E-state index contributed by atoms with van der Waals surface area (Å²) in [6.45, 7) is 1.72. The Morgan fingerprint density at radius 2 is 2.06 bits per heavy atom. The highest BCUT2D eigenvalue weighted by molar-refractivity contribution is 5.73. The molecule has 0 fully saturated rings.